The third kappa shape index (κ3) is 4.09. The Kier molecular flexibility index (Phi) is 6.40. The zero-order chi connectivity index (χ0) is 11.8. The van der Waals surface area contributed by atoms with Crippen molar-refractivity contribution in [2.24, 2.45) is 10.9 Å². The molecule has 2 aromatic rings. The van der Waals surface area contributed by atoms with Gasteiger partial charge in [0.05, 0.1) is 10.2 Å². The summed E-state index contributed by atoms with van der Waals surface area (Å²) in [6, 6.07) is 8.02. The predicted molar refractivity (Wildman–Crippen MR) is 73.6 cm³/mol. The Morgan fingerprint density at radius 3 is 2.62 bits per heavy atom. The average molecular weight is 255 g/mol. The molecule has 0 amide bonds. The van der Waals surface area contributed by atoms with E-state index in [1.54, 1.807) is 11.3 Å². The summed E-state index contributed by atoms with van der Waals surface area (Å²) < 4.78 is 2.12. The van der Waals surface area contributed by atoms with Crippen LogP contribution in [0.4, 0.5) is 0 Å². The number of hydrogen-bond acceptors (Lipinski definition) is 5. The van der Waals surface area contributed by atoms with E-state index in [4.69, 9.17) is 10.9 Å². The van der Waals surface area contributed by atoms with E-state index < -0.39 is 0 Å². The van der Waals surface area contributed by atoms with Crippen LogP contribution in [0.3, 0.4) is 0 Å². The fraction of sp³-hybridized carbons (Fsp3) is 0.364. The lowest BCUT2D eigenvalue weighted by molar-refractivity contribution is 0.807. The summed E-state index contributed by atoms with van der Waals surface area (Å²) in [6.07, 6.45) is 2.39. The smallest absolute Gasteiger partial charge is 0.165 e. The van der Waals surface area contributed by atoms with Crippen molar-refractivity contribution in [1.29, 1.82) is 0 Å². The fourth-order valence-electron chi connectivity index (χ4n) is 1.11. The molecule has 0 atom stereocenters. The molecule has 0 fully saturated rings. The molecule has 16 heavy (non-hydrogen) atoms. The number of nitrogens with zero attached hydrogens (tertiary/aromatic N) is 1. The minimum Gasteiger partial charge on any atom is -0.330 e. The Morgan fingerprint density at radius 2 is 2.12 bits per heavy atom. The number of unbranched alkanes of at least 4 members (excludes halogenated alkanes) is 1. The van der Waals surface area contributed by atoms with E-state index in [1.807, 2.05) is 24.3 Å². The van der Waals surface area contributed by atoms with Crippen LogP contribution < -0.4 is 10.9 Å². The van der Waals surface area contributed by atoms with Gasteiger partial charge in [0, 0.05) is 0 Å². The van der Waals surface area contributed by atoms with E-state index >= 15 is 0 Å². The minimum absolute atomic E-state index is 0.844. The van der Waals surface area contributed by atoms with Crippen molar-refractivity contribution in [2.75, 3.05) is 6.54 Å². The fourth-order valence-corrected chi connectivity index (χ4v) is 2.42. The Labute approximate surface area is 104 Å². The van der Waals surface area contributed by atoms with Gasteiger partial charge in [-0.2, -0.15) is 0 Å². The van der Waals surface area contributed by atoms with Gasteiger partial charge in [-0.15, -0.1) is 11.3 Å². The summed E-state index contributed by atoms with van der Waals surface area (Å²) in [5.41, 5.74) is 6.17. The topological polar surface area (TPSA) is 64.9 Å². The molecule has 0 aliphatic heterocycles. The molecular weight excluding hydrogens is 238 g/mol. The molecule has 88 valence electrons. The summed E-state index contributed by atoms with van der Waals surface area (Å²) in [4.78, 5) is 4.29. The maximum absolute atomic E-state index is 5.38. The van der Waals surface area contributed by atoms with Crippen LogP contribution in [0.25, 0.3) is 10.2 Å². The Balaban J connectivity index is 0.000000221. The average Bonchev–Trinajstić information content (AvgIpc) is 2.73. The second kappa shape index (κ2) is 7.62. The molecule has 1 heterocycles. The van der Waals surface area contributed by atoms with Gasteiger partial charge in [-0.25, -0.2) is 4.98 Å². The van der Waals surface area contributed by atoms with Crippen molar-refractivity contribution in [2.45, 2.75) is 24.1 Å². The molecule has 0 aliphatic rings. The van der Waals surface area contributed by atoms with Crippen molar-refractivity contribution in [1.82, 2.24) is 4.98 Å². The molecule has 0 saturated carbocycles. The maximum Gasteiger partial charge on any atom is 0.165 e. The van der Waals surface area contributed by atoms with Crippen LogP contribution in [0.15, 0.2) is 28.6 Å². The first-order valence-electron chi connectivity index (χ1n) is 5.24. The summed E-state index contributed by atoms with van der Waals surface area (Å²) in [7, 11) is 0. The Hall–Kier alpha value is -0.620. The normalized spacial score (nSPS) is 9.94. The Bertz CT molecular complexity index is 379. The molecule has 2 rings (SSSR count). The van der Waals surface area contributed by atoms with Gasteiger partial charge in [0.15, 0.2) is 4.34 Å². The molecule has 0 spiro atoms. The van der Waals surface area contributed by atoms with Crippen LogP contribution in [0.2, 0.25) is 0 Å². The number of rotatable bonds is 3. The number of hydrogen-bond donors (Lipinski definition) is 2. The van der Waals surface area contributed by atoms with Crippen LogP contribution in [-0.4, -0.2) is 11.5 Å². The zero-order valence-corrected chi connectivity index (χ0v) is 11.0. The summed E-state index contributed by atoms with van der Waals surface area (Å²) in [6.45, 7) is 2.98. The number of thiazole rings is 1. The van der Waals surface area contributed by atoms with Gasteiger partial charge >= 0.3 is 0 Å². The van der Waals surface area contributed by atoms with E-state index in [1.165, 1.54) is 29.5 Å². The number of nitrogens with two attached hydrogens (primary N) is 2. The molecule has 0 aliphatic carbocycles. The molecule has 0 saturated heterocycles. The van der Waals surface area contributed by atoms with Crippen molar-refractivity contribution < 1.29 is 0 Å². The van der Waals surface area contributed by atoms with Crippen molar-refractivity contribution in [3.05, 3.63) is 24.3 Å². The largest absolute Gasteiger partial charge is 0.330 e. The highest BCUT2D eigenvalue weighted by Crippen LogP contribution is 2.25. The van der Waals surface area contributed by atoms with E-state index in [0.29, 0.717) is 0 Å². The summed E-state index contributed by atoms with van der Waals surface area (Å²) in [5.74, 6) is 0. The molecule has 0 unspecified atom stereocenters. The monoisotopic (exact) mass is 255 g/mol. The molecule has 4 N–H and O–H groups in total. The molecule has 0 bridgehead atoms. The first-order valence-corrected chi connectivity index (χ1v) is 6.93. The molecular formula is C11H17N3S2. The van der Waals surface area contributed by atoms with Crippen molar-refractivity contribution in [3.63, 3.8) is 0 Å². The van der Waals surface area contributed by atoms with E-state index in [-0.39, 0.29) is 0 Å². The first kappa shape index (κ1) is 13.4. The third-order valence-electron chi connectivity index (χ3n) is 1.93. The molecule has 1 aromatic heterocycles. The van der Waals surface area contributed by atoms with Crippen LogP contribution in [0.1, 0.15) is 19.8 Å². The predicted octanol–water partition coefficient (Wildman–Crippen LogP) is 3.01. The lowest BCUT2D eigenvalue weighted by Gasteiger charge is -1.80. The number of benzene rings is 1. The number of aromatic nitrogens is 1. The van der Waals surface area contributed by atoms with Gasteiger partial charge in [-0.05, 0) is 37.0 Å². The summed E-state index contributed by atoms with van der Waals surface area (Å²) in [5, 5.41) is 5.38. The Morgan fingerprint density at radius 1 is 1.38 bits per heavy atom. The first-order chi connectivity index (χ1) is 7.81. The van der Waals surface area contributed by atoms with E-state index in [0.717, 1.165) is 16.4 Å². The van der Waals surface area contributed by atoms with Crippen LogP contribution in [0, 0.1) is 0 Å². The molecule has 0 radical (unpaired) electrons. The van der Waals surface area contributed by atoms with Crippen LogP contribution in [0.5, 0.6) is 0 Å². The standard InChI is InChI=1S/C7H6N2S2.C4H11N/c8-11-7-9-5-3-1-2-4-6(5)10-7;1-2-3-4-5/h1-4H,8H2;2-5H2,1H3. The maximum atomic E-state index is 5.38. The van der Waals surface area contributed by atoms with E-state index in [9.17, 15) is 0 Å². The number of fused-ring (bicyclic) bond motifs is 1. The van der Waals surface area contributed by atoms with Gasteiger partial charge < -0.3 is 5.73 Å². The number of para-hydroxylation sites is 1. The SMILES string of the molecule is CCCCN.NSc1nc2ccccc2s1. The van der Waals surface area contributed by atoms with Crippen molar-refractivity contribution >= 4 is 33.5 Å². The van der Waals surface area contributed by atoms with Crippen molar-refractivity contribution in [3.8, 4) is 0 Å². The zero-order valence-electron chi connectivity index (χ0n) is 9.35. The highest BCUT2D eigenvalue weighted by atomic mass is 32.2. The summed E-state index contributed by atoms with van der Waals surface area (Å²) >= 11 is 2.83. The lowest BCUT2D eigenvalue weighted by Crippen LogP contribution is -1.95. The second-order valence-electron chi connectivity index (χ2n) is 3.21. The lowest BCUT2D eigenvalue weighted by atomic mass is 10.3. The minimum atomic E-state index is 0.844. The van der Waals surface area contributed by atoms with Gasteiger partial charge in [0.25, 0.3) is 0 Å². The molecule has 1 aromatic carbocycles. The van der Waals surface area contributed by atoms with Crippen LogP contribution >= 0.6 is 23.3 Å². The molecule has 3 nitrogen and oxygen atoms in total. The second-order valence-corrected chi connectivity index (χ2v) is 5.12. The van der Waals surface area contributed by atoms with Crippen LogP contribution in [-0.2, 0) is 0 Å². The van der Waals surface area contributed by atoms with Gasteiger partial charge in [-0.3, -0.25) is 5.14 Å². The van der Waals surface area contributed by atoms with Gasteiger partial charge in [0.2, 0.25) is 0 Å². The third-order valence-corrected chi connectivity index (χ3v) is 3.60. The highest BCUT2D eigenvalue weighted by Gasteiger charge is 1.99. The van der Waals surface area contributed by atoms with Gasteiger partial charge in [-0.1, -0.05) is 25.5 Å². The van der Waals surface area contributed by atoms with E-state index in [2.05, 4.69) is 11.9 Å². The quantitative estimate of drug-likeness (QED) is 0.827. The van der Waals surface area contributed by atoms with Gasteiger partial charge in [0.1, 0.15) is 0 Å². The highest BCUT2D eigenvalue weighted by molar-refractivity contribution is 7.99. The molecule has 5 heteroatoms.